The van der Waals surface area contributed by atoms with E-state index in [1.54, 1.807) is 17.0 Å². The lowest BCUT2D eigenvalue weighted by molar-refractivity contribution is 0.603. The molecule has 0 saturated carbocycles. The monoisotopic (exact) mass is 281 g/mol. The standard InChI is InChI=1S/C10H15N7OS/c1-2-3-17-9(18)15-16-10(17)19-6-7-4-13-8(14-11)5-12-7/h4-5H,2-3,6,11H2,1H3,(H,13,14)(H,15,18). The second kappa shape index (κ2) is 6.34. The molecule has 0 amide bonds. The van der Waals surface area contributed by atoms with Gasteiger partial charge in [-0.3, -0.25) is 9.55 Å². The molecule has 0 aromatic carbocycles. The molecule has 2 aromatic heterocycles. The van der Waals surface area contributed by atoms with Gasteiger partial charge in [-0.15, -0.1) is 5.10 Å². The molecule has 0 bridgehead atoms. The number of hydrogen-bond donors (Lipinski definition) is 3. The molecule has 0 saturated heterocycles. The largest absolute Gasteiger partial charge is 0.343 e. The molecule has 2 rings (SSSR count). The number of nitrogens with one attached hydrogen (secondary N) is 2. The van der Waals surface area contributed by atoms with Crippen LogP contribution in [-0.2, 0) is 12.3 Å². The van der Waals surface area contributed by atoms with Gasteiger partial charge in [0.25, 0.3) is 0 Å². The number of hydrogen-bond acceptors (Lipinski definition) is 7. The van der Waals surface area contributed by atoms with Gasteiger partial charge < -0.3 is 5.43 Å². The van der Waals surface area contributed by atoms with Gasteiger partial charge in [-0.05, 0) is 6.42 Å². The summed E-state index contributed by atoms with van der Waals surface area (Å²) in [6, 6.07) is 0. The first-order chi connectivity index (χ1) is 9.24. The lowest BCUT2D eigenvalue weighted by atomic mass is 10.5. The number of nitrogens with two attached hydrogens (primary N) is 1. The number of nitrogen functional groups attached to an aromatic ring is 1. The summed E-state index contributed by atoms with van der Waals surface area (Å²) < 4.78 is 1.62. The minimum atomic E-state index is -0.182. The van der Waals surface area contributed by atoms with Crippen molar-refractivity contribution >= 4 is 17.6 Å². The molecule has 9 heteroatoms. The minimum Gasteiger partial charge on any atom is -0.307 e. The highest BCUT2D eigenvalue weighted by atomic mass is 32.2. The van der Waals surface area contributed by atoms with Crippen LogP contribution in [0.2, 0.25) is 0 Å². The molecule has 0 radical (unpaired) electrons. The van der Waals surface area contributed by atoms with Crippen molar-refractivity contribution in [2.45, 2.75) is 30.8 Å². The van der Waals surface area contributed by atoms with Crippen LogP contribution in [0.15, 0.2) is 22.3 Å². The number of rotatable bonds is 6. The molecule has 8 nitrogen and oxygen atoms in total. The molecule has 0 unspecified atom stereocenters. The molecule has 0 aliphatic carbocycles. The zero-order chi connectivity index (χ0) is 13.7. The van der Waals surface area contributed by atoms with Crippen LogP contribution in [0.1, 0.15) is 19.0 Å². The van der Waals surface area contributed by atoms with Crippen LogP contribution in [-0.4, -0.2) is 24.7 Å². The molecule has 2 aromatic rings. The molecule has 19 heavy (non-hydrogen) atoms. The molecule has 4 N–H and O–H groups in total. The van der Waals surface area contributed by atoms with Gasteiger partial charge in [-0.25, -0.2) is 20.7 Å². The Bertz CT molecular complexity index is 576. The van der Waals surface area contributed by atoms with Gasteiger partial charge in [-0.2, -0.15) is 0 Å². The lowest BCUT2D eigenvalue weighted by Crippen LogP contribution is -2.17. The topological polar surface area (TPSA) is 115 Å². The van der Waals surface area contributed by atoms with Crippen LogP contribution in [0.4, 0.5) is 5.82 Å². The van der Waals surface area contributed by atoms with E-state index in [0.717, 1.165) is 12.1 Å². The van der Waals surface area contributed by atoms with Crippen LogP contribution < -0.4 is 17.0 Å². The predicted molar refractivity (Wildman–Crippen MR) is 72.5 cm³/mol. The highest BCUT2D eigenvalue weighted by Crippen LogP contribution is 2.18. The Balaban J connectivity index is 2.03. The average Bonchev–Trinajstić information content (AvgIpc) is 2.79. The van der Waals surface area contributed by atoms with Crippen LogP contribution in [0, 0.1) is 0 Å². The molecule has 0 aliphatic heterocycles. The Morgan fingerprint density at radius 3 is 2.95 bits per heavy atom. The fourth-order valence-electron chi connectivity index (χ4n) is 1.48. The molecule has 2 heterocycles. The van der Waals surface area contributed by atoms with Crippen molar-refractivity contribution < 1.29 is 0 Å². The lowest BCUT2D eigenvalue weighted by Gasteiger charge is -2.03. The smallest absolute Gasteiger partial charge is 0.307 e. The fraction of sp³-hybridized carbons (Fsp3) is 0.400. The molecule has 0 spiro atoms. The van der Waals surface area contributed by atoms with Gasteiger partial charge in [0.15, 0.2) is 11.0 Å². The highest BCUT2D eigenvalue weighted by Gasteiger charge is 2.08. The maximum Gasteiger partial charge on any atom is 0.343 e. The summed E-state index contributed by atoms with van der Waals surface area (Å²) in [6.45, 7) is 2.66. The fourth-order valence-corrected chi connectivity index (χ4v) is 2.34. The predicted octanol–water partition coefficient (Wildman–Crippen LogP) is 0.349. The van der Waals surface area contributed by atoms with E-state index in [1.807, 2.05) is 6.92 Å². The summed E-state index contributed by atoms with van der Waals surface area (Å²) in [4.78, 5) is 19.8. The van der Waals surface area contributed by atoms with E-state index >= 15 is 0 Å². The molecule has 0 aliphatic rings. The molecule has 0 fully saturated rings. The van der Waals surface area contributed by atoms with E-state index in [4.69, 9.17) is 5.84 Å². The summed E-state index contributed by atoms with van der Waals surface area (Å²) in [5.74, 6) is 6.31. The Kier molecular flexibility index (Phi) is 4.53. The van der Waals surface area contributed by atoms with Gasteiger partial charge >= 0.3 is 5.69 Å². The Labute approximate surface area is 113 Å². The van der Waals surface area contributed by atoms with E-state index in [2.05, 4.69) is 25.6 Å². The van der Waals surface area contributed by atoms with Crippen LogP contribution in [0.25, 0.3) is 0 Å². The number of aromatic amines is 1. The van der Waals surface area contributed by atoms with Crippen molar-refractivity contribution in [1.29, 1.82) is 0 Å². The van der Waals surface area contributed by atoms with Crippen molar-refractivity contribution in [3.05, 3.63) is 28.6 Å². The molecular weight excluding hydrogens is 266 g/mol. The number of thioether (sulfide) groups is 1. The Morgan fingerprint density at radius 1 is 1.47 bits per heavy atom. The number of aromatic nitrogens is 5. The van der Waals surface area contributed by atoms with Crippen LogP contribution >= 0.6 is 11.8 Å². The van der Waals surface area contributed by atoms with Crippen molar-refractivity contribution in [3.63, 3.8) is 0 Å². The van der Waals surface area contributed by atoms with E-state index in [-0.39, 0.29) is 5.69 Å². The Morgan fingerprint density at radius 2 is 2.32 bits per heavy atom. The first kappa shape index (κ1) is 13.6. The van der Waals surface area contributed by atoms with E-state index in [1.165, 1.54) is 11.8 Å². The van der Waals surface area contributed by atoms with Crippen LogP contribution in [0.3, 0.4) is 0 Å². The first-order valence-electron chi connectivity index (χ1n) is 5.80. The molecule has 102 valence electrons. The zero-order valence-corrected chi connectivity index (χ0v) is 11.3. The number of nitrogens with zero attached hydrogens (tertiary/aromatic N) is 4. The van der Waals surface area contributed by atoms with Crippen molar-refractivity contribution in [1.82, 2.24) is 24.7 Å². The molecule has 0 atom stereocenters. The maximum atomic E-state index is 11.5. The van der Waals surface area contributed by atoms with E-state index < -0.39 is 0 Å². The van der Waals surface area contributed by atoms with Gasteiger partial charge in [0, 0.05) is 12.3 Å². The average molecular weight is 281 g/mol. The zero-order valence-electron chi connectivity index (χ0n) is 10.5. The second-order valence-corrected chi connectivity index (χ2v) is 4.73. The third kappa shape index (κ3) is 3.32. The second-order valence-electron chi connectivity index (χ2n) is 3.79. The van der Waals surface area contributed by atoms with Gasteiger partial charge in [0.1, 0.15) is 0 Å². The molecular formula is C10H15N7OS. The van der Waals surface area contributed by atoms with E-state index in [9.17, 15) is 4.79 Å². The van der Waals surface area contributed by atoms with Crippen molar-refractivity contribution in [3.8, 4) is 0 Å². The van der Waals surface area contributed by atoms with Crippen molar-refractivity contribution in [2.75, 3.05) is 5.43 Å². The highest BCUT2D eigenvalue weighted by molar-refractivity contribution is 7.98. The summed E-state index contributed by atoms with van der Waals surface area (Å²) >= 11 is 1.44. The van der Waals surface area contributed by atoms with Crippen LogP contribution in [0.5, 0.6) is 0 Å². The summed E-state index contributed by atoms with van der Waals surface area (Å²) in [7, 11) is 0. The summed E-state index contributed by atoms with van der Waals surface area (Å²) in [5.41, 5.74) is 3.03. The Hall–Kier alpha value is -1.87. The first-order valence-corrected chi connectivity index (χ1v) is 6.78. The van der Waals surface area contributed by atoms with Gasteiger partial charge in [0.05, 0.1) is 18.1 Å². The number of anilines is 1. The summed E-state index contributed by atoms with van der Waals surface area (Å²) in [5, 5.41) is 7.10. The SMILES string of the molecule is CCCn1c(SCc2cnc(NN)cn2)n[nH]c1=O. The minimum absolute atomic E-state index is 0.182. The van der Waals surface area contributed by atoms with Crippen molar-refractivity contribution in [2.24, 2.45) is 5.84 Å². The quantitative estimate of drug-likeness (QED) is 0.397. The third-order valence-corrected chi connectivity index (χ3v) is 3.38. The summed E-state index contributed by atoms with van der Waals surface area (Å²) in [6.07, 6.45) is 4.07. The number of hydrazine groups is 1. The van der Waals surface area contributed by atoms with Gasteiger partial charge in [0.2, 0.25) is 0 Å². The number of H-pyrrole nitrogens is 1. The maximum absolute atomic E-state index is 11.5. The van der Waals surface area contributed by atoms with Gasteiger partial charge in [-0.1, -0.05) is 18.7 Å². The third-order valence-electron chi connectivity index (χ3n) is 2.37. The normalized spacial score (nSPS) is 10.6. The van der Waals surface area contributed by atoms with E-state index in [0.29, 0.717) is 23.3 Å².